The molecule has 0 radical (unpaired) electrons. The highest BCUT2D eigenvalue weighted by atomic mass is 16.5. The summed E-state index contributed by atoms with van der Waals surface area (Å²) >= 11 is 0. The molecule has 1 aliphatic carbocycles. The first-order chi connectivity index (χ1) is 12.2. The van der Waals surface area contributed by atoms with Crippen LogP contribution < -0.4 is 4.74 Å². The summed E-state index contributed by atoms with van der Waals surface area (Å²) < 4.78 is 10.6. The molecular formula is C19H27N3O3. The van der Waals surface area contributed by atoms with Gasteiger partial charge in [-0.2, -0.15) is 4.98 Å². The van der Waals surface area contributed by atoms with E-state index in [1.807, 2.05) is 12.1 Å². The van der Waals surface area contributed by atoms with Gasteiger partial charge in [0.25, 0.3) is 0 Å². The SMILES string of the molecule is Cc1nc(COc2ccc(CN(CCO)C3CCCCC3)cc2)no1. The van der Waals surface area contributed by atoms with Crippen molar-refractivity contribution in [2.75, 3.05) is 13.2 Å². The van der Waals surface area contributed by atoms with Gasteiger partial charge in [-0.1, -0.05) is 36.6 Å². The van der Waals surface area contributed by atoms with Crippen LogP contribution in [0.3, 0.4) is 0 Å². The summed E-state index contributed by atoms with van der Waals surface area (Å²) in [4.78, 5) is 6.54. The molecule has 25 heavy (non-hydrogen) atoms. The van der Waals surface area contributed by atoms with E-state index in [0.29, 0.717) is 24.4 Å². The number of hydrogen-bond donors (Lipinski definition) is 1. The number of rotatable bonds is 8. The number of aromatic nitrogens is 2. The molecule has 2 aromatic rings. The molecule has 6 heteroatoms. The lowest BCUT2D eigenvalue weighted by molar-refractivity contribution is 0.117. The fourth-order valence-electron chi connectivity index (χ4n) is 3.44. The van der Waals surface area contributed by atoms with Gasteiger partial charge in [0, 0.05) is 26.1 Å². The van der Waals surface area contributed by atoms with Crippen molar-refractivity contribution in [2.24, 2.45) is 0 Å². The summed E-state index contributed by atoms with van der Waals surface area (Å²) in [5, 5.41) is 13.2. The van der Waals surface area contributed by atoms with E-state index in [2.05, 4.69) is 27.2 Å². The van der Waals surface area contributed by atoms with Crippen LogP contribution in [0.25, 0.3) is 0 Å². The molecule has 1 N–H and O–H groups in total. The topological polar surface area (TPSA) is 71.6 Å². The fraction of sp³-hybridized carbons (Fsp3) is 0.579. The van der Waals surface area contributed by atoms with Crippen molar-refractivity contribution in [3.05, 3.63) is 41.5 Å². The van der Waals surface area contributed by atoms with Crippen molar-refractivity contribution in [3.63, 3.8) is 0 Å². The van der Waals surface area contributed by atoms with Gasteiger partial charge >= 0.3 is 0 Å². The third-order valence-electron chi connectivity index (χ3n) is 4.72. The summed E-state index contributed by atoms with van der Waals surface area (Å²) in [6.45, 7) is 3.88. The third kappa shape index (κ3) is 5.28. The molecule has 3 rings (SSSR count). The molecule has 1 fully saturated rings. The molecule has 136 valence electrons. The van der Waals surface area contributed by atoms with Gasteiger partial charge in [-0.05, 0) is 30.5 Å². The first-order valence-electron chi connectivity index (χ1n) is 9.10. The number of aliphatic hydroxyl groups is 1. The van der Waals surface area contributed by atoms with Gasteiger partial charge in [0.05, 0.1) is 6.61 Å². The number of nitrogens with zero attached hydrogens (tertiary/aromatic N) is 3. The molecule has 6 nitrogen and oxygen atoms in total. The molecule has 0 bridgehead atoms. The molecule has 0 atom stereocenters. The Balaban J connectivity index is 1.54. The average Bonchev–Trinajstić information content (AvgIpc) is 3.07. The number of aliphatic hydroxyl groups excluding tert-OH is 1. The Labute approximate surface area is 148 Å². The molecule has 1 aromatic heterocycles. The first-order valence-corrected chi connectivity index (χ1v) is 9.10. The molecule has 0 unspecified atom stereocenters. The Hall–Kier alpha value is -1.92. The zero-order chi connectivity index (χ0) is 17.5. The fourth-order valence-corrected chi connectivity index (χ4v) is 3.44. The average molecular weight is 345 g/mol. The lowest BCUT2D eigenvalue weighted by atomic mass is 9.94. The van der Waals surface area contributed by atoms with Crippen molar-refractivity contribution < 1.29 is 14.4 Å². The van der Waals surface area contributed by atoms with Gasteiger partial charge in [-0.25, -0.2) is 0 Å². The monoisotopic (exact) mass is 345 g/mol. The summed E-state index contributed by atoms with van der Waals surface area (Å²) in [5.74, 6) is 1.88. The molecule has 1 saturated carbocycles. The highest BCUT2D eigenvalue weighted by Crippen LogP contribution is 2.24. The Kier molecular flexibility index (Phi) is 6.42. The minimum absolute atomic E-state index is 0.210. The molecule has 0 saturated heterocycles. The van der Waals surface area contributed by atoms with Crippen LogP contribution >= 0.6 is 0 Å². The number of benzene rings is 1. The number of aryl methyl sites for hydroxylation is 1. The third-order valence-corrected chi connectivity index (χ3v) is 4.72. The van der Waals surface area contributed by atoms with Gasteiger partial charge < -0.3 is 14.4 Å². The van der Waals surface area contributed by atoms with Crippen LogP contribution in [0.15, 0.2) is 28.8 Å². The summed E-state index contributed by atoms with van der Waals surface area (Å²) in [6, 6.07) is 8.72. The zero-order valence-corrected chi connectivity index (χ0v) is 14.9. The minimum atomic E-state index is 0.210. The summed E-state index contributed by atoms with van der Waals surface area (Å²) in [6.07, 6.45) is 6.43. The molecule has 0 aliphatic heterocycles. The molecule has 1 heterocycles. The maximum Gasteiger partial charge on any atom is 0.223 e. The van der Waals surface area contributed by atoms with Gasteiger partial charge in [0.2, 0.25) is 11.7 Å². The predicted molar refractivity (Wildman–Crippen MR) is 94.2 cm³/mol. The van der Waals surface area contributed by atoms with Crippen LogP contribution in [0.4, 0.5) is 0 Å². The van der Waals surface area contributed by atoms with Crippen LogP contribution in [0.5, 0.6) is 5.75 Å². The van der Waals surface area contributed by atoms with E-state index in [-0.39, 0.29) is 6.61 Å². The van der Waals surface area contributed by atoms with Crippen molar-refractivity contribution in [3.8, 4) is 5.75 Å². The van der Waals surface area contributed by atoms with Crippen molar-refractivity contribution in [1.29, 1.82) is 0 Å². The van der Waals surface area contributed by atoms with Gasteiger partial charge in [-0.3, -0.25) is 4.90 Å². The van der Waals surface area contributed by atoms with E-state index in [4.69, 9.17) is 9.26 Å². The standard InChI is InChI=1S/C19H27N3O3/c1-15-20-19(21-25-15)14-24-18-9-7-16(8-10-18)13-22(11-12-23)17-5-3-2-4-6-17/h7-10,17,23H,2-6,11-14H2,1H3. The van der Waals surface area contributed by atoms with Gasteiger partial charge in [-0.15, -0.1) is 0 Å². The number of hydrogen-bond acceptors (Lipinski definition) is 6. The summed E-state index contributed by atoms with van der Waals surface area (Å²) in [5.41, 5.74) is 1.24. The normalized spacial score (nSPS) is 15.6. The van der Waals surface area contributed by atoms with E-state index in [0.717, 1.165) is 18.8 Å². The smallest absolute Gasteiger partial charge is 0.223 e. The Morgan fingerprint density at radius 1 is 1.20 bits per heavy atom. The van der Waals surface area contributed by atoms with Crippen LogP contribution in [-0.4, -0.2) is 39.3 Å². The van der Waals surface area contributed by atoms with E-state index in [1.54, 1.807) is 6.92 Å². The van der Waals surface area contributed by atoms with Gasteiger partial charge in [0.15, 0.2) is 6.61 Å². The van der Waals surface area contributed by atoms with E-state index < -0.39 is 0 Å². The molecule has 1 aliphatic rings. The predicted octanol–water partition coefficient (Wildman–Crippen LogP) is 3.08. The van der Waals surface area contributed by atoms with Crippen LogP contribution in [-0.2, 0) is 13.2 Å². The maximum absolute atomic E-state index is 9.39. The van der Waals surface area contributed by atoms with E-state index in [1.165, 1.54) is 37.7 Å². The van der Waals surface area contributed by atoms with Crippen LogP contribution in [0.2, 0.25) is 0 Å². The molecule has 0 spiro atoms. The number of ether oxygens (including phenoxy) is 1. The second-order valence-electron chi connectivity index (χ2n) is 6.65. The quantitative estimate of drug-likeness (QED) is 0.793. The Morgan fingerprint density at radius 2 is 1.96 bits per heavy atom. The lowest BCUT2D eigenvalue weighted by Gasteiger charge is -2.34. The summed E-state index contributed by atoms with van der Waals surface area (Å²) in [7, 11) is 0. The van der Waals surface area contributed by atoms with E-state index in [9.17, 15) is 5.11 Å². The Bertz CT molecular complexity index is 636. The zero-order valence-electron chi connectivity index (χ0n) is 14.9. The van der Waals surface area contributed by atoms with E-state index >= 15 is 0 Å². The second-order valence-corrected chi connectivity index (χ2v) is 6.65. The first kappa shape index (κ1) is 17.9. The Morgan fingerprint density at radius 3 is 2.60 bits per heavy atom. The van der Waals surface area contributed by atoms with Crippen molar-refractivity contribution in [1.82, 2.24) is 15.0 Å². The lowest BCUT2D eigenvalue weighted by Crippen LogP contribution is -2.38. The highest BCUT2D eigenvalue weighted by Gasteiger charge is 2.20. The minimum Gasteiger partial charge on any atom is -0.485 e. The molecule has 1 aromatic carbocycles. The van der Waals surface area contributed by atoms with Crippen molar-refractivity contribution >= 4 is 0 Å². The van der Waals surface area contributed by atoms with Crippen molar-refractivity contribution in [2.45, 2.75) is 58.2 Å². The highest BCUT2D eigenvalue weighted by molar-refractivity contribution is 5.27. The largest absolute Gasteiger partial charge is 0.485 e. The van der Waals surface area contributed by atoms with Crippen LogP contribution in [0.1, 0.15) is 49.4 Å². The second kappa shape index (κ2) is 8.97. The molecular weight excluding hydrogens is 318 g/mol. The maximum atomic E-state index is 9.39. The molecule has 0 amide bonds. The van der Waals surface area contributed by atoms with Gasteiger partial charge in [0.1, 0.15) is 5.75 Å². The van der Waals surface area contributed by atoms with Crippen LogP contribution in [0, 0.1) is 6.92 Å².